The fraction of sp³-hybridized carbons (Fsp3) is 0.231. The molecular formula is C13H13BrN2O2. The van der Waals surface area contributed by atoms with Crippen molar-refractivity contribution in [3.63, 3.8) is 0 Å². The van der Waals surface area contributed by atoms with Crippen LogP contribution < -0.4 is 4.74 Å². The third-order valence-electron chi connectivity index (χ3n) is 2.36. The molecule has 0 fully saturated rings. The lowest BCUT2D eigenvalue weighted by atomic mass is 10.2. The van der Waals surface area contributed by atoms with E-state index in [9.17, 15) is 5.11 Å². The summed E-state index contributed by atoms with van der Waals surface area (Å²) in [5, 5.41) is 9.19. The lowest BCUT2D eigenvalue weighted by molar-refractivity contribution is 0.281. The van der Waals surface area contributed by atoms with Gasteiger partial charge in [-0.2, -0.15) is 0 Å². The average Bonchev–Trinajstić information content (AvgIpc) is 2.38. The highest BCUT2D eigenvalue weighted by molar-refractivity contribution is 9.10. The Labute approximate surface area is 114 Å². The summed E-state index contributed by atoms with van der Waals surface area (Å²) >= 11 is 3.33. The number of ether oxygens (including phenoxy) is 1. The van der Waals surface area contributed by atoms with Gasteiger partial charge in [0.1, 0.15) is 5.75 Å². The molecule has 0 amide bonds. The van der Waals surface area contributed by atoms with Crippen molar-refractivity contribution in [3.8, 4) is 11.6 Å². The third kappa shape index (κ3) is 3.27. The summed E-state index contributed by atoms with van der Waals surface area (Å²) in [7, 11) is 0. The molecule has 0 bridgehead atoms. The van der Waals surface area contributed by atoms with Gasteiger partial charge in [-0.05, 0) is 40.0 Å². The summed E-state index contributed by atoms with van der Waals surface area (Å²) in [6.07, 6.45) is 4.09. The van der Waals surface area contributed by atoms with Crippen molar-refractivity contribution in [2.24, 2.45) is 0 Å². The first-order valence-electron chi connectivity index (χ1n) is 5.60. The minimum Gasteiger partial charge on any atom is -0.437 e. The maximum absolute atomic E-state index is 9.19. The van der Waals surface area contributed by atoms with Gasteiger partial charge in [-0.25, -0.2) is 4.98 Å². The van der Waals surface area contributed by atoms with E-state index in [2.05, 4.69) is 25.9 Å². The maximum atomic E-state index is 9.19. The number of aliphatic hydroxyl groups excluding tert-OH is 1. The molecule has 18 heavy (non-hydrogen) atoms. The van der Waals surface area contributed by atoms with Gasteiger partial charge in [-0.15, -0.1) is 0 Å². The van der Waals surface area contributed by atoms with Crippen molar-refractivity contribution in [1.29, 1.82) is 0 Å². The van der Waals surface area contributed by atoms with Gasteiger partial charge in [0, 0.05) is 22.4 Å². The number of halogens is 1. The molecule has 94 valence electrons. The third-order valence-corrected chi connectivity index (χ3v) is 2.80. The van der Waals surface area contributed by atoms with E-state index < -0.39 is 0 Å². The highest BCUT2D eigenvalue weighted by atomic mass is 79.9. The van der Waals surface area contributed by atoms with Crippen LogP contribution in [0.1, 0.15) is 18.2 Å². The van der Waals surface area contributed by atoms with E-state index in [1.54, 1.807) is 18.5 Å². The van der Waals surface area contributed by atoms with Crippen molar-refractivity contribution in [2.45, 2.75) is 20.0 Å². The molecule has 2 heterocycles. The number of pyridine rings is 2. The van der Waals surface area contributed by atoms with E-state index in [1.165, 1.54) is 0 Å². The Balaban J connectivity index is 2.28. The molecule has 0 saturated heterocycles. The van der Waals surface area contributed by atoms with Crippen molar-refractivity contribution in [1.82, 2.24) is 9.97 Å². The monoisotopic (exact) mass is 308 g/mol. The molecule has 5 heteroatoms. The molecule has 2 aromatic rings. The first-order chi connectivity index (χ1) is 8.71. The molecule has 1 N–H and O–H groups in total. The summed E-state index contributed by atoms with van der Waals surface area (Å²) in [6, 6.07) is 5.40. The van der Waals surface area contributed by atoms with Crippen LogP contribution in [0.2, 0.25) is 0 Å². The van der Waals surface area contributed by atoms with Crippen molar-refractivity contribution in [3.05, 3.63) is 46.3 Å². The molecule has 0 radical (unpaired) electrons. The van der Waals surface area contributed by atoms with E-state index in [0.717, 1.165) is 22.2 Å². The zero-order valence-corrected chi connectivity index (χ0v) is 11.5. The fourth-order valence-electron chi connectivity index (χ4n) is 1.51. The summed E-state index contributed by atoms with van der Waals surface area (Å²) in [5.41, 5.74) is 1.68. The van der Waals surface area contributed by atoms with E-state index >= 15 is 0 Å². The van der Waals surface area contributed by atoms with Crippen LogP contribution >= 0.6 is 15.9 Å². The molecule has 0 atom stereocenters. The molecule has 0 unspecified atom stereocenters. The lowest BCUT2D eigenvalue weighted by Crippen LogP contribution is -1.96. The predicted molar refractivity (Wildman–Crippen MR) is 71.5 cm³/mol. The summed E-state index contributed by atoms with van der Waals surface area (Å²) < 4.78 is 6.47. The van der Waals surface area contributed by atoms with Gasteiger partial charge in [-0.3, -0.25) is 4.98 Å². The number of aliphatic hydroxyl groups is 1. The van der Waals surface area contributed by atoms with Gasteiger partial charge in [0.05, 0.1) is 12.8 Å². The topological polar surface area (TPSA) is 55.2 Å². The summed E-state index contributed by atoms with van der Waals surface area (Å²) in [5.74, 6) is 1.08. The van der Waals surface area contributed by atoms with E-state index in [-0.39, 0.29) is 6.61 Å². The largest absolute Gasteiger partial charge is 0.437 e. The molecule has 2 aromatic heterocycles. The molecule has 0 aromatic carbocycles. The molecule has 0 spiro atoms. The summed E-state index contributed by atoms with van der Waals surface area (Å²) in [4.78, 5) is 8.36. The average molecular weight is 309 g/mol. The van der Waals surface area contributed by atoms with E-state index in [4.69, 9.17) is 4.74 Å². The number of rotatable bonds is 4. The first-order valence-corrected chi connectivity index (χ1v) is 6.39. The Morgan fingerprint density at radius 2 is 2.11 bits per heavy atom. The van der Waals surface area contributed by atoms with Crippen LogP contribution in [0.25, 0.3) is 0 Å². The smallest absolute Gasteiger partial charge is 0.219 e. The van der Waals surface area contributed by atoms with Crippen LogP contribution in [0, 0.1) is 0 Å². The molecule has 0 aliphatic heterocycles. The Morgan fingerprint density at radius 3 is 2.78 bits per heavy atom. The van der Waals surface area contributed by atoms with Crippen LogP contribution in [0.5, 0.6) is 11.6 Å². The standard InChI is InChI=1S/C13H13BrN2O2/c1-2-11-3-9(8-17)4-13(16-11)18-12-5-10(14)6-15-7-12/h3-7,17H,2,8H2,1H3. The predicted octanol–water partition coefficient (Wildman–Crippen LogP) is 3.09. The van der Waals surface area contributed by atoms with Gasteiger partial charge in [0.15, 0.2) is 0 Å². The van der Waals surface area contributed by atoms with Crippen LogP contribution in [0.15, 0.2) is 35.1 Å². The van der Waals surface area contributed by atoms with Gasteiger partial charge in [-0.1, -0.05) is 6.92 Å². The zero-order valence-electron chi connectivity index (χ0n) is 9.93. The number of aromatic nitrogens is 2. The highest BCUT2D eigenvalue weighted by Crippen LogP contribution is 2.23. The van der Waals surface area contributed by atoms with Crippen molar-refractivity contribution < 1.29 is 9.84 Å². The minimum atomic E-state index is -0.0252. The van der Waals surface area contributed by atoms with E-state index in [1.807, 2.05) is 19.1 Å². The van der Waals surface area contributed by atoms with Gasteiger partial charge >= 0.3 is 0 Å². The first kappa shape index (κ1) is 13.0. The second-order valence-electron chi connectivity index (χ2n) is 3.76. The molecule has 4 nitrogen and oxygen atoms in total. The molecule has 0 aliphatic rings. The van der Waals surface area contributed by atoms with Crippen LogP contribution in [-0.2, 0) is 13.0 Å². The Bertz CT molecular complexity index is 524. The quantitative estimate of drug-likeness (QED) is 0.943. The summed E-state index contributed by atoms with van der Waals surface area (Å²) in [6.45, 7) is 1.98. The zero-order chi connectivity index (χ0) is 13.0. The van der Waals surface area contributed by atoms with Crippen LogP contribution in [-0.4, -0.2) is 15.1 Å². The molecule has 0 saturated carbocycles. The Hall–Kier alpha value is -1.46. The number of hydrogen-bond donors (Lipinski definition) is 1. The normalized spacial score (nSPS) is 10.4. The maximum Gasteiger partial charge on any atom is 0.219 e. The lowest BCUT2D eigenvalue weighted by Gasteiger charge is -2.08. The van der Waals surface area contributed by atoms with Crippen LogP contribution in [0.4, 0.5) is 0 Å². The van der Waals surface area contributed by atoms with Gasteiger partial charge in [0.25, 0.3) is 0 Å². The number of aryl methyl sites for hydroxylation is 1. The second-order valence-corrected chi connectivity index (χ2v) is 4.67. The molecular weight excluding hydrogens is 296 g/mol. The van der Waals surface area contributed by atoms with Crippen LogP contribution in [0.3, 0.4) is 0 Å². The molecule has 0 aliphatic carbocycles. The SMILES string of the molecule is CCc1cc(CO)cc(Oc2cncc(Br)c2)n1. The Kier molecular flexibility index (Phi) is 4.28. The highest BCUT2D eigenvalue weighted by Gasteiger charge is 2.04. The Morgan fingerprint density at radius 1 is 1.28 bits per heavy atom. The number of nitrogens with zero attached hydrogens (tertiary/aromatic N) is 2. The van der Waals surface area contributed by atoms with Gasteiger partial charge in [0.2, 0.25) is 5.88 Å². The van der Waals surface area contributed by atoms with Crippen molar-refractivity contribution >= 4 is 15.9 Å². The fourth-order valence-corrected chi connectivity index (χ4v) is 1.86. The molecule has 2 rings (SSSR count). The second kappa shape index (κ2) is 5.93. The minimum absolute atomic E-state index is 0.0252. The van der Waals surface area contributed by atoms with Crippen molar-refractivity contribution in [2.75, 3.05) is 0 Å². The van der Waals surface area contributed by atoms with Gasteiger partial charge < -0.3 is 9.84 Å². The number of hydrogen-bond acceptors (Lipinski definition) is 4. The van der Waals surface area contributed by atoms with E-state index in [0.29, 0.717) is 11.6 Å².